The first-order valence-electron chi connectivity index (χ1n) is 5.04. The lowest BCUT2D eigenvalue weighted by molar-refractivity contribution is -0.386. The van der Waals surface area contributed by atoms with E-state index in [1.165, 1.54) is 0 Å². The van der Waals surface area contributed by atoms with Crippen molar-refractivity contribution in [3.63, 3.8) is 0 Å². The minimum absolute atomic E-state index is 0.0680. The zero-order chi connectivity index (χ0) is 11.6. The molecule has 0 fully saturated rings. The number of rotatable bonds is 2. The Morgan fingerprint density at radius 3 is 2.40 bits per heavy atom. The van der Waals surface area contributed by atoms with Gasteiger partial charge in [0, 0.05) is 11.1 Å². The van der Waals surface area contributed by atoms with Crippen molar-refractivity contribution >= 4 is 5.69 Å². The number of para-hydroxylation sites is 1. The molecule has 0 unspecified atom stereocenters. The van der Waals surface area contributed by atoms with Crippen LogP contribution in [0.3, 0.4) is 0 Å². The predicted molar refractivity (Wildman–Crippen MR) is 61.0 cm³/mol. The Morgan fingerprint density at radius 2 is 1.93 bits per heavy atom. The van der Waals surface area contributed by atoms with Gasteiger partial charge in [-0.3, -0.25) is 10.1 Å². The fraction of sp³-hybridized carbons (Fsp3) is 0.500. The minimum atomic E-state index is -0.281. The van der Waals surface area contributed by atoms with Crippen LogP contribution in [0.25, 0.3) is 0 Å². The standard InChI is InChI=1S/C12H17NO2/c1-9-6-5-7-10(8-12(2,3)4)11(9)13(14)15/h5-7H,8H2,1-4H3. The highest BCUT2D eigenvalue weighted by atomic mass is 16.6. The molecule has 3 heteroatoms. The SMILES string of the molecule is Cc1cccc(CC(C)(C)C)c1[N+](=O)[O-]. The van der Waals surface area contributed by atoms with Gasteiger partial charge in [0.2, 0.25) is 0 Å². The van der Waals surface area contributed by atoms with Crippen LogP contribution < -0.4 is 0 Å². The third-order valence-corrected chi connectivity index (χ3v) is 2.22. The molecule has 1 aromatic rings. The molecule has 82 valence electrons. The second-order valence-electron chi connectivity index (χ2n) is 5.08. The third kappa shape index (κ3) is 3.05. The molecule has 0 spiro atoms. The van der Waals surface area contributed by atoms with Gasteiger partial charge in [-0.25, -0.2) is 0 Å². The summed E-state index contributed by atoms with van der Waals surface area (Å²) >= 11 is 0. The number of hydrogen-bond acceptors (Lipinski definition) is 2. The summed E-state index contributed by atoms with van der Waals surface area (Å²) in [4.78, 5) is 10.7. The van der Waals surface area contributed by atoms with Gasteiger partial charge in [-0.05, 0) is 18.8 Å². The Morgan fingerprint density at radius 1 is 1.33 bits per heavy atom. The summed E-state index contributed by atoms with van der Waals surface area (Å²) < 4.78 is 0. The molecule has 0 bridgehead atoms. The van der Waals surface area contributed by atoms with Gasteiger partial charge in [0.05, 0.1) is 4.92 Å². The molecule has 0 aliphatic carbocycles. The van der Waals surface area contributed by atoms with Crippen LogP contribution in [0.1, 0.15) is 31.9 Å². The first-order chi connectivity index (χ1) is 6.81. The third-order valence-electron chi connectivity index (χ3n) is 2.22. The number of nitro groups is 1. The summed E-state index contributed by atoms with van der Waals surface area (Å²) in [5.41, 5.74) is 1.90. The van der Waals surface area contributed by atoms with Crippen molar-refractivity contribution in [2.75, 3.05) is 0 Å². The molecule has 1 aromatic carbocycles. The van der Waals surface area contributed by atoms with Crippen LogP contribution in [0.15, 0.2) is 18.2 Å². The van der Waals surface area contributed by atoms with Crippen molar-refractivity contribution in [1.29, 1.82) is 0 Å². The number of nitrogens with zero attached hydrogens (tertiary/aromatic N) is 1. The van der Waals surface area contributed by atoms with Gasteiger partial charge in [-0.1, -0.05) is 39.0 Å². The molecule has 0 aromatic heterocycles. The van der Waals surface area contributed by atoms with Crippen molar-refractivity contribution in [3.8, 4) is 0 Å². The lowest BCUT2D eigenvalue weighted by Crippen LogP contribution is -2.11. The summed E-state index contributed by atoms with van der Waals surface area (Å²) in [6.07, 6.45) is 0.727. The molecule has 0 saturated heterocycles. The summed E-state index contributed by atoms with van der Waals surface area (Å²) in [7, 11) is 0. The maximum Gasteiger partial charge on any atom is 0.275 e. The Hall–Kier alpha value is -1.38. The van der Waals surface area contributed by atoms with Crippen LogP contribution in [0.5, 0.6) is 0 Å². The van der Waals surface area contributed by atoms with E-state index in [2.05, 4.69) is 20.8 Å². The van der Waals surface area contributed by atoms with Crippen LogP contribution in [-0.4, -0.2) is 4.92 Å². The molecule has 0 aliphatic rings. The molecular weight excluding hydrogens is 190 g/mol. The van der Waals surface area contributed by atoms with Crippen LogP contribution >= 0.6 is 0 Å². The van der Waals surface area contributed by atoms with E-state index in [0.29, 0.717) is 0 Å². The summed E-state index contributed by atoms with van der Waals surface area (Å²) in [6, 6.07) is 5.50. The second-order valence-corrected chi connectivity index (χ2v) is 5.08. The van der Waals surface area contributed by atoms with Crippen LogP contribution in [0.4, 0.5) is 5.69 Å². The molecule has 0 saturated carbocycles. The Balaban J connectivity index is 3.18. The number of benzene rings is 1. The van der Waals surface area contributed by atoms with Gasteiger partial charge in [-0.15, -0.1) is 0 Å². The van der Waals surface area contributed by atoms with Gasteiger partial charge in [-0.2, -0.15) is 0 Å². The van der Waals surface area contributed by atoms with Crippen LogP contribution in [0.2, 0.25) is 0 Å². The van der Waals surface area contributed by atoms with Crippen LogP contribution in [-0.2, 0) is 6.42 Å². The molecule has 15 heavy (non-hydrogen) atoms. The summed E-state index contributed by atoms with van der Waals surface area (Å²) in [5.74, 6) is 0. The molecule has 0 N–H and O–H groups in total. The van der Waals surface area contributed by atoms with Gasteiger partial charge < -0.3 is 0 Å². The molecule has 0 heterocycles. The average Bonchev–Trinajstić information content (AvgIpc) is 1.99. The van der Waals surface area contributed by atoms with Crippen molar-refractivity contribution < 1.29 is 4.92 Å². The van der Waals surface area contributed by atoms with Crippen molar-refractivity contribution in [2.24, 2.45) is 5.41 Å². The van der Waals surface area contributed by atoms with Crippen molar-refractivity contribution in [2.45, 2.75) is 34.1 Å². The Labute approximate surface area is 90.3 Å². The van der Waals surface area contributed by atoms with Crippen molar-refractivity contribution in [3.05, 3.63) is 39.4 Å². The quantitative estimate of drug-likeness (QED) is 0.550. The van der Waals surface area contributed by atoms with Crippen LogP contribution in [0, 0.1) is 22.5 Å². The van der Waals surface area contributed by atoms with E-state index in [9.17, 15) is 10.1 Å². The fourth-order valence-corrected chi connectivity index (χ4v) is 1.69. The predicted octanol–water partition coefficient (Wildman–Crippen LogP) is 3.49. The van der Waals surface area contributed by atoms with Gasteiger partial charge in [0.25, 0.3) is 5.69 Å². The maximum absolute atomic E-state index is 10.9. The summed E-state index contributed by atoms with van der Waals surface area (Å²) in [6.45, 7) is 8.03. The largest absolute Gasteiger partial charge is 0.275 e. The highest BCUT2D eigenvalue weighted by Crippen LogP contribution is 2.29. The summed E-state index contributed by atoms with van der Waals surface area (Å²) in [5, 5.41) is 10.9. The highest BCUT2D eigenvalue weighted by molar-refractivity contribution is 5.47. The van der Waals surface area contributed by atoms with Gasteiger partial charge >= 0.3 is 0 Å². The van der Waals surface area contributed by atoms with E-state index in [1.54, 1.807) is 13.0 Å². The van der Waals surface area contributed by atoms with Gasteiger partial charge in [0.15, 0.2) is 0 Å². The lowest BCUT2D eigenvalue weighted by Gasteiger charge is -2.18. The van der Waals surface area contributed by atoms with Crippen molar-refractivity contribution in [1.82, 2.24) is 0 Å². The fourth-order valence-electron chi connectivity index (χ4n) is 1.69. The normalized spacial score (nSPS) is 11.5. The first-order valence-corrected chi connectivity index (χ1v) is 5.04. The van der Waals surface area contributed by atoms with Gasteiger partial charge in [0.1, 0.15) is 0 Å². The zero-order valence-electron chi connectivity index (χ0n) is 9.70. The maximum atomic E-state index is 10.9. The van der Waals surface area contributed by atoms with E-state index in [4.69, 9.17) is 0 Å². The minimum Gasteiger partial charge on any atom is -0.258 e. The molecule has 3 nitrogen and oxygen atoms in total. The highest BCUT2D eigenvalue weighted by Gasteiger charge is 2.21. The molecule has 0 atom stereocenters. The number of hydrogen-bond donors (Lipinski definition) is 0. The van der Waals surface area contributed by atoms with E-state index in [-0.39, 0.29) is 16.0 Å². The molecule has 1 rings (SSSR count). The lowest BCUT2D eigenvalue weighted by atomic mass is 9.87. The second kappa shape index (κ2) is 4.01. The molecule has 0 aliphatic heterocycles. The van der Waals surface area contributed by atoms with E-state index >= 15 is 0 Å². The average molecular weight is 207 g/mol. The smallest absolute Gasteiger partial charge is 0.258 e. The zero-order valence-corrected chi connectivity index (χ0v) is 9.70. The molecule has 0 radical (unpaired) electrons. The van der Waals surface area contributed by atoms with E-state index in [1.807, 2.05) is 12.1 Å². The Kier molecular flexibility index (Phi) is 3.12. The number of nitro benzene ring substituents is 1. The monoisotopic (exact) mass is 207 g/mol. The number of aryl methyl sites for hydroxylation is 1. The van der Waals surface area contributed by atoms with E-state index in [0.717, 1.165) is 17.5 Å². The molecule has 0 amide bonds. The Bertz CT molecular complexity index is 378. The first kappa shape index (κ1) is 11.7. The topological polar surface area (TPSA) is 43.1 Å². The van der Waals surface area contributed by atoms with E-state index < -0.39 is 0 Å². The molecular formula is C12H17NO2.